The summed E-state index contributed by atoms with van der Waals surface area (Å²) in [5.41, 5.74) is 1.43. The van der Waals surface area contributed by atoms with Gasteiger partial charge in [0.2, 0.25) is 0 Å². The van der Waals surface area contributed by atoms with Crippen LogP contribution in [0, 0.1) is 0 Å². The highest BCUT2D eigenvalue weighted by Crippen LogP contribution is 2.32. The van der Waals surface area contributed by atoms with Crippen LogP contribution in [0.15, 0.2) is 42.7 Å². The highest BCUT2D eigenvalue weighted by atomic mass is 35.5. The first-order chi connectivity index (χ1) is 9.70. The van der Waals surface area contributed by atoms with Gasteiger partial charge in [-0.1, -0.05) is 23.7 Å². The van der Waals surface area contributed by atoms with Gasteiger partial charge < -0.3 is 15.4 Å². The van der Waals surface area contributed by atoms with E-state index < -0.39 is 0 Å². The van der Waals surface area contributed by atoms with Crippen LogP contribution in [0.3, 0.4) is 0 Å². The lowest BCUT2D eigenvalue weighted by Crippen LogP contribution is -2.28. The minimum Gasteiger partial charge on any atom is -0.493 e. The Morgan fingerprint density at radius 2 is 2.20 bits per heavy atom. The number of pyridine rings is 1. The molecule has 0 saturated heterocycles. The van der Waals surface area contributed by atoms with Gasteiger partial charge in [-0.2, -0.15) is 0 Å². The number of methoxy groups -OCH3 is 1. The molecule has 0 unspecified atom stereocenters. The molecule has 0 spiro atoms. The molecule has 2 aromatic rings. The van der Waals surface area contributed by atoms with E-state index in [4.69, 9.17) is 16.3 Å². The molecule has 20 heavy (non-hydrogen) atoms. The summed E-state index contributed by atoms with van der Waals surface area (Å²) in [5, 5.41) is 5.86. The quantitative estimate of drug-likeness (QED) is 0.910. The average Bonchev–Trinajstić information content (AvgIpc) is 2.46. The molecule has 0 bridgehead atoms. The number of amides is 2. The first-order valence-corrected chi connectivity index (χ1v) is 6.34. The lowest BCUT2D eigenvalue weighted by Gasteiger charge is -2.12. The fourth-order valence-corrected chi connectivity index (χ4v) is 1.92. The lowest BCUT2D eigenvalue weighted by atomic mass is 10.3. The van der Waals surface area contributed by atoms with Crippen LogP contribution < -0.4 is 15.4 Å². The topological polar surface area (TPSA) is 63.2 Å². The highest BCUT2D eigenvalue weighted by Gasteiger charge is 2.09. The minimum atomic E-state index is -0.339. The molecule has 1 aromatic heterocycles. The molecule has 0 saturated carbocycles. The van der Waals surface area contributed by atoms with Crippen LogP contribution in [-0.2, 0) is 6.54 Å². The van der Waals surface area contributed by atoms with E-state index in [2.05, 4.69) is 15.6 Å². The van der Waals surface area contributed by atoms with Gasteiger partial charge in [0.25, 0.3) is 0 Å². The molecule has 1 aromatic carbocycles. The molecule has 2 amide bonds. The van der Waals surface area contributed by atoms with Gasteiger partial charge in [0, 0.05) is 18.9 Å². The number of para-hydroxylation sites is 1. The van der Waals surface area contributed by atoms with Crippen LogP contribution in [0.25, 0.3) is 0 Å². The lowest BCUT2D eigenvalue weighted by molar-refractivity contribution is 0.251. The van der Waals surface area contributed by atoms with Gasteiger partial charge in [-0.05, 0) is 23.8 Å². The molecule has 5 nitrogen and oxygen atoms in total. The van der Waals surface area contributed by atoms with Crippen molar-refractivity contribution in [1.29, 1.82) is 0 Å². The summed E-state index contributed by atoms with van der Waals surface area (Å²) in [4.78, 5) is 15.8. The van der Waals surface area contributed by atoms with E-state index >= 15 is 0 Å². The zero-order chi connectivity index (χ0) is 14.4. The van der Waals surface area contributed by atoms with E-state index in [9.17, 15) is 4.79 Å². The highest BCUT2D eigenvalue weighted by molar-refractivity contribution is 6.32. The zero-order valence-corrected chi connectivity index (χ0v) is 11.6. The van der Waals surface area contributed by atoms with E-state index in [0.717, 1.165) is 5.56 Å². The Kier molecular flexibility index (Phi) is 4.79. The number of rotatable bonds is 4. The molecule has 2 N–H and O–H groups in total. The third kappa shape index (κ3) is 3.61. The van der Waals surface area contributed by atoms with Gasteiger partial charge in [0.05, 0.1) is 17.8 Å². The maximum absolute atomic E-state index is 11.8. The summed E-state index contributed by atoms with van der Waals surface area (Å²) >= 11 is 5.98. The first kappa shape index (κ1) is 14.1. The van der Waals surface area contributed by atoms with Crippen molar-refractivity contribution >= 4 is 23.3 Å². The summed E-state index contributed by atoms with van der Waals surface area (Å²) in [6.07, 6.45) is 3.38. The predicted molar refractivity (Wildman–Crippen MR) is 78.1 cm³/mol. The minimum absolute atomic E-state index is 0.339. The number of hydrogen-bond donors (Lipinski definition) is 2. The Morgan fingerprint density at radius 3 is 2.90 bits per heavy atom. The van der Waals surface area contributed by atoms with Crippen molar-refractivity contribution in [2.24, 2.45) is 0 Å². The number of nitrogens with zero attached hydrogens (tertiary/aromatic N) is 1. The summed E-state index contributed by atoms with van der Waals surface area (Å²) in [7, 11) is 1.50. The molecule has 0 fully saturated rings. The van der Waals surface area contributed by atoms with Crippen LogP contribution >= 0.6 is 11.6 Å². The molecular formula is C14H14ClN3O2. The summed E-state index contributed by atoms with van der Waals surface area (Å²) in [6, 6.07) is 8.51. The maximum Gasteiger partial charge on any atom is 0.319 e. The molecule has 1 heterocycles. The molecule has 0 aliphatic carbocycles. The average molecular weight is 292 g/mol. The molecule has 2 rings (SSSR count). The predicted octanol–water partition coefficient (Wildman–Crippen LogP) is 3.07. The number of aromatic nitrogens is 1. The molecule has 104 valence electrons. The fourth-order valence-electron chi connectivity index (χ4n) is 1.67. The van der Waals surface area contributed by atoms with Crippen LogP contribution in [-0.4, -0.2) is 18.1 Å². The van der Waals surface area contributed by atoms with Crippen molar-refractivity contribution in [2.75, 3.05) is 12.4 Å². The second kappa shape index (κ2) is 6.77. The van der Waals surface area contributed by atoms with Gasteiger partial charge in [0.1, 0.15) is 0 Å². The monoisotopic (exact) mass is 291 g/mol. The molecule has 0 radical (unpaired) electrons. The normalized spacial score (nSPS) is 9.90. The zero-order valence-electron chi connectivity index (χ0n) is 10.9. The fraction of sp³-hybridized carbons (Fsp3) is 0.143. The van der Waals surface area contributed by atoms with E-state index in [0.29, 0.717) is 23.0 Å². The Morgan fingerprint density at radius 1 is 1.35 bits per heavy atom. The number of carbonyl (C=O) groups excluding carboxylic acids is 1. The van der Waals surface area contributed by atoms with Crippen molar-refractivity contribution in [3.05, 3.63) is 53.3 Å². The van der Waals surface area contributed by atoms with Gasteiger partial charge in [-0.25, -0.2) is 4.79 Å². The van der Waals surface area contributed by atoms with Crippen molar-refractivity contribution in [3.8, 4) is 5.75 Å². The second-order valence-electron chi connectivity index (χ2n) is 3.99. The largest absolute Gasteiger partial charge is 0.493 e. The standard InChI is InChI=1S/C14H14ClN3O2/c1-20-13-11(15)5-2-6-12(13)18-14(19)17-9-10-4-3-7-16-8-10/h2-8H,9H2,1H3,(H2,17,18,19). The molecule has 6 heteroatoms. The Hall–Kier alpha value is -2.27. The summed E-state index contributed by atoms with van der Waals surface area (Å²) in [6.45, 7) is 0.391. The third-order valence-electron chi connectivity index (χ3n) is 2.60. The SMILES string of the molecule is COc1c(Cl)cccc1NC(=O)NCc1cccnc1. The Bertz CT molecular complexity index is 590. The molecular weight excluding hydrogens is 278 g/mol. The van der Waals surface area contributed by atoms with Gasteiger partial charge in [-0.15, -0.1) is 0 Å². The molecule has 0 aliphatic rings. The number of carbonyl (C=O) groups is 1. The van der Waals surface area contributed by atoms with Crippen molar-refractivity contribution in [3.63, 3.8) is 0 Å². The van der Waals surface area contributed by atoms with Gasteiger partial charge in [-0.3, -0.25) is 4.98 Å². The summed E-state index contributed by atoms with van der Waals surface area (Å²) < 4.78 is 5.16. The van der Waals surface area contributed by atoms with Crippen molar-refractivity contribution in [2.45, 2.75) is 6.54 Å². The molecule has 0 aliphatic heterocycles. The number of urea groups is 1. The molecule has 0 atom stereocenters. The van der Waals surface area contributed by atoms with Crippen LogP contribution in [0.1, 0.15) is 5.56 Å². The van der Waals surface area contributed by atoms with Gasteiger partial charge in [0.15, 0.2) is 5.75 Å². The van der Waals surface area contributed by atoms with Crippen molar-refractivity contribution < 1.29 is 9.53 Å². The third-order valence-corrected chi connectivity index (χ3v) is 2.89. The number of halogens is 1. The number of ether oxygens (including phenoxy) is 1. The van der Waals surface area contributed by atoms with E-state index in [-0.39, 0.29) is 6.03 Å². The van der Waals surface area contributed by atoms with Crippen molar-refractivity contribution in [1.82, 2.24) is 10.3 Å². The number of nitrogens with one attached hydrogen (secondary N) is 2. The Balaban J connectivity index is 1.97. The Labute approximate surface area is 121 Å². The second-order valence-corrected chi connectivity index (χ2v) is 4.40. The maximum atomic E-state index is 11.8. The number of anilines is 1. The van der Waals surface area contributed by atoms with Gasteiger partial charge >= 0.3 is 6.03 Å². The number of benzene rings is 1. The number of hydrogen-bond acceptors (Lipinski definition) is 3. The van der Waals surface area contributed by atoms with Crippen LogP contribution in [0.2, 0.25) is 5.02 Å². The van der Waals surface area contributed by atoms with E-state index in [1.807, 2.05) is 12.1 Å². The summed E-state index contributed by atoms with van der Waals surface area (Å²) in [5.74, 6) is 0.436. The van der Waals surface area contributed by atoms with E-state index in [1.165, 1.54) is 7.11 Å². The van der Waals surface area contributed by atoms with Crippen LogP contribution in [0.4, 0.5) is 10.5 Å². The smallest absolute Gasteiger partial charge is 0.319 e. The van der Waals surface area contributed by atoms with Crippen LogP contribution in [0.5, 0.6) is 5.75 Å². The van der Waals surface area contributed by atoms with E-state index in [1.54, 1.807) is 30.6 Å². The first-order valence-electron chi connectivity index (χ1n) is 5.97.